The molecule has 1 aromatic carbocycles. The van der Waals surface area contributed by atoms with E-state index in [2.05, 4.69) is 25.4 Å². The number of aryl methyl sites for hydroxylation is 1. The number of hydrogen-bond donors (Lipinski definition) is 2. The van der Waals surface area contributed by atoms with E-state index in [1.807, 2.05) is 0 Å². The Hall–Kier alpha value is -2.16. The summed E-state index contributed by atoms with van der Waals surface area (Å²) in [6, 6.07) is 6.31. The lowest BCUT2D eigenvalue weighted by Crippen LogP contribution is -2.14. The van der Waals surface area contributed by atoms with E-state index in [1.54, 1.807) is 26.2 Å². The molecule has 9 heteroatoms. The monoisotopic (exact) mass is 268 g/mol. The molecular weight excluding hydrogens is 256 g/mol. The molecule has 2 aromatic rings. The van der Waals surface area contributed by atoms with E-state index in [9.17, 15) is 8.42 Å². The van der Waals surface area contributed by atoms with Crippen LogP contribution < -0.4 is 10.0 Å². The summed E-state index contributed by atoms with van der Waals surface area (Å²) < 4.78 is 26.2. The summed E-state index contributed by atoms with van der Waals surface area (Å²) in [6.45, 7) is 0. The molecule has 18 heavy (non-hydrogen) atoms. The fraction of sp³-hybridized carbons (Fsp3) is 0.222. The maximum atomic E-state index is 12.0. The molecule has 1 aromatic heterocycles. The highest BCUT2D eigenvalue weighted by Gasteiger charge is 2.16. The summed E-state index contributed by atoms with van der Waals surface area (Å²) in [4.78, 5) is 1.30. The zero-order chi connectivity index (χ0) is 13.2. The van der Waals surface area contributed by atoms with Crippen LogP contribution in [0.5, 0.6) is 0 Å². The van der Waals surface area contributed by atoms with E-state index in [0.717, 1.165) is 5.69 Å². The minimum Gasteiger partial charge on any atom is -0.388 e. The van der Waals surface area contributed by atoms with Crippen LogP contribution >= 0.6 is 0 Å². The first-order chi connectivity index (χ1) is 8.51. The molecule has 0 bridgehead atoms. The Morgan fingerprint density at radius 1 is 1.22 bits per heavy atom. The maximum Gasteiger partial charge on any atom is 0.277 e. The van der Waals surface area contributed by atoms with Gasteiger partial charge in [0.05, 0.1) is 11.9 Å². The second-order valence-corrected chi connectivity index (χ2v) is 5.16. The van der Waals surface area contributed by atoms with Gasteiger partial charge >= 0.3 is 0 Å². The second-order valence-electron chi connectivity index (χ2n) is 3.48. The van der Waals surface area contributed by atoms with Crippen molar-refractivity contribution in [2.45, 2.75) is 4.90 Å². The Balaban J connectivity index is 2.24. The van der Waals surface area contributed by atoms with Crippen molar-refractivity contribution in [2.75, 3.05) is 17.1 Å². The van der Waals surface area contributed by atoms with Gasteiger partial charge in [-0.05, 0) is 29.5 Å². The predicted molar refractivity (Wildman–Crippen MR) is 65.6 cm³/mol. The van der Waals surface area contributed by atoms with Gasteiger partial charge in [-0.1, -0.05) is 5.10 Å². The molecular formula is C9H12N6O2S. The Bertz CT molecular complexity index is 633. The maximum absolute atomic E-state index is 12.0. The molecule has 0 aliphatic rings. The molecule has 0 atom stereocenters. The van der Waals surface area contributed by atoms with Crippen molar-refractivity contribution in [2.24, 2.45) is 7.05 Å². The number of sulfonamides is 1. The van der Waals surface area contributed by atoms with Gasteiger partial charge in [-0.2, -0.15) is 4.80 Å². The van der Waals surface area contributed by atoms with Crippen molar-refractivity contribution in [3.8, 4) is 0 Å². The molecule has 0 aliphatic heterocycles. The van der Waals surface area contributed by atoms with E-state index in [4.69, 9.17) is 0 Å². The predicted octanol–water partition coefficient (Wildman–Crippen LogP) is 0.0526. The highest BCUT2D eigenvalue weighted by atomic mass is 32.2. The molecule has 8 nitrogen and oxygen atoms in total. The Morgan fingerprint density at radius 2 is 1.89 bits per heavy atom. The van der Waals surface area contributed by atoms with Gasteiger partial charge in [-0.15, -0.1) is 5.10 Å². The Labute approximate surface area is 104 Å². The largest absolute Gasteiger partial charge is 0.388 e. The van der Waals surface area contributed by atoms with E-state index in [0.29, 0.717) is 0 Å². The van der Waals surface area contributed by atoms with E-state index < -0.39 is 10.0 Å². The molecule has 0 unspecified atom stereocenters. The number of anilines is 2. The van der Waals surface area contributed by atoms with Crippen LogP contribution in [-0.2, 0) is 17.1 Å². The van der Waals surface area contributed by atoms with Crippen molar-refractivity contribution >= 4 is 21.7 Å². The SMILES string of the molecule is CNc1ccc(S(=O)(=O)Nc2nnn(C)n2)cc1. The van der Waals surface area contributed by atoms with Crippen LogP contribution in [0.3, 0.4) is 0 Å². The Morgan fingerprint density at radius 3 is 2.39 bits per heavy atom. The van der Waals surface area contributed by atoms with Gasteiger partial charge < -0.3 is 5.32 Å². The summed E-state index contributed by atoms with van der Waals surface area (Å²) in [5.74, 6) is -0.0600. The first-order valence-corrected chi connectivity index (χ1v) is 6.54. The normalized spacial score (nSPS) is 11.2. The molecule has 0 saturated heterocycles. The summed E-state index contributed by atoms with van der Waals surface area (Å²) in [7, 11) is -0.378. The van der Waals surface area contributed by atoms with Crippen LogP contribution in [0, 0.1) is 0 Å². The zero-order valence-electron chi connectivity index (χ0n) is 9.82. The molecule has 0 spiro atoms. The Kier molecular flexibility index (Phi) is 3.15. The molecule has 96 valence electrons. The van der Waals surface area contributed by atoms with Crippen LogP contribution in [0.4, 0.5) is 11.6 Å². The molecule has 0 fully saturated rings. The third-order valence-corrected chi connectivity index (χ3v) is 3.53. The van der Waals surface area contributed by atoms with Crippen LogP contribution in [0.15, 0.2) is 29.2 Å². The molecule has 0 aliphatic carbocycles. The lowest BCUT2D eigenvalue weighted by atomic mass is 10.3. The lowest BCUT2D eigenvalue weighted by molar-refractivity contribution is 0.600. The minimum atomic E-state index is -3.68. The van der Waals surface area contributed by atoms with E-state index in [-0.39, 0.29) is 10.8 Å². The van der Waals surface area contributed by atoms with E-state index in [1.165, 1.54) is 16.9 Å². The zero-order valence-corrected chi connectivity index (χ0v) is 10.6. The fourth-order valence-corrected chi connectivity index (χ4v) is 2.24. The van der Waals surface area contributed by atoms with Crippen LogP contribution in [0.2, 0.25) is 0 Å². The molecule has 2 N–H and O–H groups in total. The van der Waals surface area contributed by atoms with Crippen molar-refractivity contribution in [3.05, 3.63) is 24.3 Å². The van der Waals surface area contributed by atoms with Crippen molar-refractivity contribution in [1.82, 2.24) is 20.2 Å². The molecule has 1 heterocycles. The van der Waals surface area contributed by atoms with Crippen LogP contribution in [0.1, 0.15) is 0 Å². The van der Waals surface area contributed by atoms with Crippen molar-refractivity contribution in [3.63, 3.8) is 0 Å². The highest BCUT2D eigenvalue weighted by Crippen LogP contribution is 2.15. The number of aromatic nitrogens is 4. The van der Waals surface area contributed by atoms with Crippen LogP contribution in [0.25, 0.3) is 0 Å². The third kappa shape index (κ3) is 2.56. The van der Waals surface area contributed by atoms with Gasteiger partial charge in [0, 0.05) is 12.7 Å². The van der Waals surface area contributed by atoms with Crippen molar-refractivity contribution < 1.29 is 8.42 Å². The summed E-state index contributed by atoms with van der Waals surface area (Å²) >= 11 is 0. The van der Waals surface area contributed by atoms with Crippen LogP contribution in [-0.4, -0.2) is 35.7 Å². The smallest absolute Gasteiger partial charge is 0.277 e. The average molecular weight is 268 g/mol. The average Bonchev–Trinajstić information content (AvgIpc) is 2.74. The first-order valence-electron chi connectivity index (χ1n) is 5.06. The van der Waals surface area contributed by atoms with Gasteiger partial charge in [0.15, 0.2) is 0 Å². The summed E-state index contributed by atoms with van der Waals surface area (Å²) in [5.41, 5.74) is 0.826. The number of rotatable bonds is 4. The van der Waals surface area contributed by atoms with Gasteiger partial charge in [0.2, 0.25) is 0 Å². The number of nitrogens with one attached hydrogen (secondary N) is 2. The number of hydrogen-bond acceptors (Lipinski definition) is 6. The topological polar surface area (TPSA) is 102 Å². The van der Waals surface area contributed by atoms with Gasteiger partial charge in [-0.3, -0.25) is 0 Å². The second kappa shape index (κ2) is 4.61. The number of benzene rings is 1. The fourth-order valence-electron chi connectivity index (χ4n) is 1.30. The quantitative estimate of drug-likeness (QED) is 0.812. The summed E-state index contributed by atoms with van der Waals surface area (Å²) in [5, 5.41) is 13.8. The van der Waals surface area contributed by atoms with Gasteiger partial charge in [0.25, 0.3) is 16.0 Å². The third-order valence-electron chi connectivity index (χ3n) is 2.19. The minimum absolute atomic E-state index is 0.0600. The van der Waals surface area contributed by atoms with E-state index >= 15 is 0 Å². The molecule has 0 amide bonds. The number of nitrogens with zero attached hydrogens (tertiary/aromatic N) is 4. The van der Waals surface area contributed by atoms with Gasteiger partial charge in [0.1, 0.15) is 0 Å². The molecule has 2 rings (SSSR count). The molecule has 0 saturated carbocycles. The molecule has 0 radical (unpaired) electrons. The first kappa shape index (κ1) is 12.3. The summed E-state index contributed by atoms with van der Waals surface area (Å²) in [6.07, 6.45) is 0. The highest BCUT2D eigenvalue weighted by molar-refractivity contribution is 7.92. The van der Waals surface area contributed by atoms with Gasteiger partial charge in [-0.25, -0.2) is 13.1 Å². The number of tetrazole rings is 1. The standard InChI is InChI=1S/C9H12N6O2S/c1-10-7-3-5-8(6-4-7)18(16,17)13-9-11-14-15(2)12-9/h3-6,10H,1-2H3,(H,12,13). The van der Waals surface area contributed by atoms with Crippen molar-refractivity contribution in [1.29, 1.82) is 0 Å². The lowest BCUT2D eigenvalue weighted by Gasteiger charge is -2.05.